The average molecular weight is 454 g/mol. The van der Waals surface area contributed by atoms with Gasteiger partial charge in [0.15, 0.2) is 5.00 Å². The van der Waals surface area contributed by atoms with Crippen LogP contribution in [0.1, 0.15) is 40.6 Å². The number of piperidine rings is 1. The molecule has 0 saturated carbocycles. The van der Waals surface area contributed by atoms with E-state index in [-0.39, 0.29) is 35.2 Å². The van der Waals surface area contributed by atoms with Crippen molar-refractivity contribution in [1.82, 2.24) is 14.5 Å². The van der Waals surface area contributed by atoms with Crippen LogP contribution in [0.5, 0.6) is 5.75 Å². The van der Waals surface area contributed by atoms with Crippen LogP contribution in [0, 0.1) is 5.92 Å². The number of nitrogens with one attached hydrogen (secondary N) is 1. The van der Waals surface area contributed by atoms with Crippen molar-refractivity contribution in [2.75, 3.05) is 25.0 Å². The highest BCUT2D eigenvalue weighted by atomic mass is 32.1. The third kappa shape index (κ3) is 5.51. The molecule has 0 spiro atoms. The van der Waals surface area contributed by atoms with Gasteiger partial charge < -0.3 is 19.7 Å². The lowest BCUT2D eigenvalue weighted by atomic mass is 9.96. The average Bonchev–Trinajstić information content (AvgIpc) is 3.21. The highest BCUT2D eigenvalue weighted by molar-refractivity contribution is 7.10. The van der Waals surface area contributed by atoms with Gasteiger partial charge in [-0.1, -0.05) is 16.6 Å². The molecule has 1 fully saturated rings. The van der Waals surface area contributed by atoms with E-state index in [1.807, 2.05) is 0 Å². The van der Waals surface area contributed by atoms with Crippen LogP contribution < -0.4 is 10.1 Å². The van der Waals surface area contributed by atoms with Gasteiger partial charge in [-0.15, -0.1) is 5.10 Å². The van der Waals surface area contributed by atoms with Gasteiger partial charge in [0.2, 0.25) is 11.6 Å². The molecule has 1 aromatic carbocycles. The number of likely N-dealkylation sites (tertiary alicyclic amines) is 1. The number of para-hydroxylation sites is 1. The van der Waals surface area contributed by atoms with Crippen LogP contribution in [-0.4, -0.2) is 58.6 Å². The Balaban J connectivity index is 1.69. The van der Waals surface area contributed by atoms with Crippen LogP contribution in [-0.2, 0) is 9.53 Å². The van der Waals surface area contributed by atoms with Crippen molar-refractivity contribution < 1.29 is 32.6 Å². The number of rotatable bonds is 7. The normalized spacial score (nSPS) is 16.1. The van der Waals surface area contributed by atoms with Crippen LogP contribution >= 0.6 is 11.5 Å². The number of hydrogen-bond acceptors (Lipinski definition) is 8. The Kier molecular flexibility index (Phi) is 7.45. The first-order valence-electron chi connectivity index (χ1n) is 9.54. The van der Waals surface area contributed by atoms with Gasteiger partial charge in [0, 0.05) is 24.6 Å². The Bertz CT molecular complexity index is 955. The van der Waals surface area contributed by atoms with E-state index in [9.17, 15) is 23.2 Å². The van der Waals surface area contributed by atoms with Crippen molar-refractivity contribution in [1.29, 1.82) is 0 Å². The Hall–Kier alpha value is -3.15. The predicted octanol–water partition coefficient (Wildman–Crippen LogP) is 2.81. The number of esters is 1. The predicted molar refractivity (Wildman–Crippen MR) is 106 cm³/mol. The summed E-state index contributed by atoms with van der Waals surface area (Å²) in [6.45, 7) is -0.791. The maximum absolute atomic E-state index is 12.9. The minimum absolute atomic E-state index is 0.000104. The smallest absolute Gasteiger partial charge is 0.387 e. The fraction of sp³-hybridized carbons (Fsp3) is 0.421. The Labute approximate surface area is 180 Å². The summed E-state index contributed by atoms with van der Waals surface area (Å²) in [6.07, 6.45) is 1.07. The molecule has 9 nitrogen and oxygen atoms in total. The highest BCUT2D eigenvalue weighted by Crippen LogP contribution is 2.26. The van der Waals surface area contributed by atoms with Gasteiger partial charge >= 0.3 is 12.6 Å². The van der Waals surface area contributed by atoms with Gasteiger partial charge in [0.05, 0.1) is 18.1 Å². The molecule has 1 aliphatic heterocycles. The summed E-state index contributed by atoms with van der Waals surface area (Å²) < 4.78 is 38.3. The van der Waals surface area contributed by atoms with E-state index in [1.54, 1.807) is 13.0 Å². The van der Waals surface area contributed by atoms with Gasteiger partial charge in [-0.25, -0.2) is 4.79 Å². The molecule has 2 amide bonds. The van der Waals surface area contributed by atoms with E-state index in [1.165, 1.54) is 23.1 Å². The Morgan fingerprint density at radius 3 is 2.84 bits per heavy atom. The molecule has 1 saturated heterocycles. The number of aromatic nitrogens is 2. The second-order valence-corrected chi connectivity index (χ2v) is 7.38. The summed E-state index contributed by atoms with van der Waals surface area (Å²) in [6, 6.07) is 5.73. The number of halogens is 2. The monoisotopic (exact) mass is 454 g/mol. The van der Waals surface area contributed by atoms with Gasteiger partial charge in [0.25, 0.3) is 5.91 Å². The van der Waals surface area contributed by atoms with Crippen molar-refractivity contribution in [3.8, 4) is 5.75 Å². The Morgan fingerprint density at radius 1 is 1.32 bits per heavy atom. The lowest BCUT2D eigenvalue weighted by Crippen LogP contribution is -2.44. The highest BCUT2D eigenvalue weighted by Gasteiger charge is 2.31. The van der Waals surface area contributed by atoms with E-state index in [4.69, 9.17) is 4.74 Å². The van der Waals surface area contributed by atoms with Crippen molar-refractivity contribution in [2.45, 2.75) is 26.4 Å². The van der Waals surface area contributed by atoms with E-state index in [0.29, 0.717) is 19.4 Å². The number of amides is 2. The van der Waals surface area contributed by atoms with Crippen molar-refractivity contribution >= 4 is 34.3 Å². The van der Waals surface area contributed by atoms with E-state index < -0.39 is 30.3 Å². The largest absolute Gasteiger partial charge is 0.461 e. The zero-order valence-corrected chi connectivity index (χ0v) is 17.4. The third-order valence-electron chi connectivity index (χ3n) is 4.61. The molecule has 2 aromatic rings. The third-order valence-corrected chi connectivity index (χ3v) is 5.25. The van der Waals surface area contributed by atoms with Gasteiger partial charge in [-0.3, -0.25) is 9.59 Å². The first-order valence-corrected chi connectivity index (χ1v) is 10.3. The second-order valence-electron chi connectivity index (χ2n) is 6.63. The molecule has 31 heavy (non-hydrogen) atoms. The molecule has 1 aliphatic rings. The SMILES string of the molecule is CCOC(=O)c1nnsc1NC(=O)C1CCCN(C(=O)c2ccccc2OC(F)F)C1. The number of carbonyl (C=O) groups excluding carboxylic acids is 3. The summed E-state index contributed by atoms with van der Waals surface area (Å²) in [4.78, 5) is 39.0. The molecule has 2 heterocycles. The van der Waals surface area contributed by atoms with E-state index in [0.717, 1.165) is 11.5 Å². The maximum Gasteiger partial charge on any atom is 0.387 e. The number of alkyl halides is 2. The van der Waals surface area contributed by atoms with Crippen molar-refractivity contribution in [3.63, 3.8) is 0 Å². The Morgan fingerprint density at radius 2 is 2.10 bits per heavy atom. The summed E-state index contributed by atoms with van der Waals surface area (Å²) in [5, 5.41) is 6.49. The minimum Gasteiger partial charge on any atom is -0.461 e. The summed E-state index contributed by atoms with van der Waals surface area (Å²) >= 11 is 0.846. The summed E-state index contributed by atoms with van der Waals surface area (Å²) in [7, 11) is 0. The van der Waals surface area contributed by atoms with Crippen LogP contribution in [0.4, 0.5) is 13.8 Å². The number of nitrogens with zero attached hydrogens (tertiary/aromatic N) is 3. The quantitative estimate of drug-likeness (QED) is 0.641. The van der Waals surface area contributed by atoms with E-state index >= 15 is 0 Å². The summed E-state index contributed by atoms with van der Waals surface area (Å²) in [5.41, 5.74) is -0.0814. The van der Waals surface area contributed by atoms with Crippen LogP contribution in [0.2, 0.25) is 0 Å². The molecule has 0 aliphatic carbocycles. The second kappa shape index (κ2) is 10.2. The fourth-order valence-corrected chi connectivity index (χ4v) is 3.77. The molecule has 0 bridgehead atoms. The molecule has 1 unspecified atom stereocenters. The van der Waals surface area contributed by atoms with Crippen molar-refractivity contribution in [3.05, 3.63) is 35.5 Å². The zero-order valence-electron chi connectivity index (χ0n) is 16.5. The molecule has 1 aromatic heterocycles. The molecule has 12 heteroatoms. The molecule has 1 N–H and O–H groups in total. The molecular formula is C19H20F2N4O5S. The van der Waals surface area contributed by atoms with Crippen LogP contribution in [0.15, 0.2) is 24.3 Å². The lowest BCUT2D eigenvalue weighted by molar-refractivity contribution is -0.121. The number of benzene rings is 1. The van der Waals surface area contributed by atoms with E-state index in [2.05, 4.69) is 19.6 Å². The van der Waals surface area contributed by atoms with Crippen LogP contribution in [0.3, 0.4) is 0 Å². The molecule has 0 radical (unpaired) electrons. The topological polar surface area (TPSA) is 111 Å². The van der Waals surface area contributed by atoms with Gasteiger partial charge in [0.1, 0.15) is 5.75 Å². The summed E-state index contributed by atoms with van der Waals surface area (Å²) in [5.74, 6) is -2.36. The standard InChI is InChI=1S/C19H20F2N4O5S/c1-2-29-18(28)14-16(31-24-23-14)22-15(26)11-6-5-9-25(10-11)17(27)12-7-3-4-8-13(12)30-19(20)21/h3-4,7-8,11,19H,2,5-6,9-10H2,1H3,(H,22,26). The minimum atomic E-state index is -3.06. The number of carbonyl (C=O) groups is 3. The maximum atomic E-state index is 12.9. The van der Waals surface area contributed by atoms with Gasteiger partial charge in [-0.2, -0.15) is 8.78 Å². The zero-order chi connectivity index (χ0) is 22.4. The number of ether oxygens (including phenoxy) is 2. The van der Waals surface area contributed by atoms with Crippen LogP contribution in [0.25, 0.3) is 0 Å². The number of anilines is 1. The lowest BCUT2D eigenvalue weighted by Gasteiger charge is -2.32. The molecule has 166 valence electrons. The van der Waals surface area contributed by atoms with Gasteiger partial charge in [-0.05, 0) is 31.9 Å². The number of hydrogen-bond donors (Lipinski definition) is 1. The molecule has 3 rings (SSSR count). The molecular weight excluding hydrogens is 434 g/mol. The first-order chi connectivity index (χ1) is 14.9. The van der Waals surface area contributed by atoms with Crippen molar-refractivity contribution in [2.24, 2.45) is 5.92 Å². The molecule has 1 atom stereocenters. The fourth-order valence-electron chi connectivity index (χ4n) is 3.21. The first kappa shape index (κ1) is 22.5.